The van der Waals surface area contributed by atoms with E-state index in [2.05, 4.69) is 10.6 Å². The molecule has 1 aromatic carbocycles. The Bertz CT molecular complexity index is 420. The third kappa shape index (κ3) is 6.05. The largest absolute Gasteiger partial charge is 0.497 e. The lowest BCUT2D eigenvalue weighted by Gasteiger charge is -2.10. The molecule has 0 bridgehead atoms. The van der Waals surface area contributed by atoms with Crippen LogP contribution in [0.1, 0.15) is 13.3 Å². The van der Waals surface area contributed by atoms with E-state index in [0.717, 1.165) is 11.4 Å². The lowest BCUT2D eigenvalue weighted by Crippen LogP contribution is -2.30. The van der Waals surface area contributed by atoms with Crippen LogP contribution in [0.15, 0.2) is 24.3 Å². The first kappa shape index (κ1) is 15.2. The number of hydrogen-bond donors (Lipinski definition) is 2. The number of benzene rings is 1. The minimum absolute atomic E-state index is 0.234. The second-order valence-electron chi connectivity index (χ2n) is 3.66. The molecule has 0 spiro atoms. The van der Waals surface area contributed by atoms with E-state index in [0.29, 0.717) is 18.3 Å². The minimum Gasteiger partial charge on any atom is -0.497 e. The Hall–Kier alpha value is -1.82. The van der Waals surface area contributed by atoms with Crippen LogP contribution in [0.5, 0.6) is 5.75 Å². The van der Waals surface area contributed by atoms with Crippen molar-refractivity contribution < 1.29 is 14.3 Å². The highest BCUT2D eigenvalue weighted by Gasteiger charge is 2.02. The zero-order valence-electron chi connectivity index (χ0n) is 11.1. The maximum absolute atomic E-state index is 11.1. The van der Waals surface area contributed by atoms with Gasteiger partial charge in [0.2, 0.25) is 0 Å². The van der Waals surface area contributed by atoms with Crippen molar-refractivity contribution in [2.24, 2.45) is 0 Å². The fourth-order valence-electron chi connectivity index (χ4n) is 1.36. The maximum Gasteiger partial charge on any atom is 0.307 e. The summed E-state index contributed by atoms with van der Waals surface area (Å²) in [4.78, 5) is 11.1. The number of anilines is 1. The van der Waals surface area contributed by atoms with Crippen LogP contribution in [0.25, 0.3) is 0 Å². The van der Waals surface area contributed by atoms with Crippen molar-refractivity contribution in [2.75, 3.05) is 25.6 Å². The Balaban J connectivity index is 2.28. The molecule has 104 valence electrons. The van der Waals surface area contributed by atoms with Crippen LogP contribution in [-0.4, -0.2) is 31.3 Å². The molecule has 0 aliphatic carbocycles. The fourth-order valence-corrected chi connectivity index (χ4v) is 1.58. The second-order valence-corrected chi connectivity index (χ2v) is 4.07. The van der Waals surface area contributed by atoms with Crippen LogP contribution in [0.4, 0.5) is 5.69 Å². The fraction of sp³-hybridized carbons (Fsp3) is 0.385. The van der Waals surface area contributed by atoms with Crippen LogP contribution >= 0.6 is 12.2 Å². The number of nitrogens with one attached hydrogen (secondary N) is 2. The summed E-state index contributed by atoms with van der Waals surface area (Å²) in [6.07, 6.45) is 0.290. The standard InChI is InChI=1S/C13H18N2O3S/c1-3-18-12(16)8-9-14-13(19)15-10-4-6-11(17-2)7-5-10/h4-7H,3,8-9H2,1-2H3,(H2,14,15,19). The topological polar surface area (TPSA) is 59.6 Å². The van der Waals surface area contributed by atoms with Gasteiger partial charge in [0.25, 0.3) is 0 Å². The van der Waals surface area contributed by atoms with Gasteiger partial charge in [-0.15, -0.1) is 0 Å². The molecule has 0 unspecified atom stereocenters. The zero-order chi connectivity index (χ0) is 14.1. The number of carbonyl (C=O) groups is 1. The van der Waals surface area contributed by atoms with Crippen molar-refractivity contribution in [3.63, 3.8) is 0 Å². The van der Waals surface area contributed by atoms with Gasteiger partial charge in [-0.25, -0.2) is 0 Å². The van der Waals surface area contributed by atoms with E-state index in [1.807, 2.05) is 24.3 Å². The molecule has 2 N–H and O–H groups in total. The van der Waals surface area contributed by atoms with Gasteiger partial charge < -0.3 is 20.1 Å². The summed E-state index contributed by atoms with van der Waals surface area (Å²) in [7, 11) is 1.62. The third-order valence-electron chi connectivity index (χ3n) is 2.27. The molecule has 19 heavy (non-hydrogen) atoms. The summed E-state index contributed by atoms with van der Waals surface area (Å²) < 4.78 is 9.87. The molecule has 0 aliphatic rings. The van der Waals surface area contributed by atoms with Gasteiger partial charge in [-0.1, -0.05) is 0 Å². The van der Waals surface area contributed by atoms with E-state index in [-0.39, 0.29) is 12.4 Å². The quantitative estimate of drug-likeness (QED) is 0.614. The lowest BCUT2D eigenvalue weighted by molar-refractivity contribution is -0.142. The number of esters is 1. The first-order valence-electron chi connectivity index (χ1n) is 6.00. The number of methoxy groups -OCH3 is 1. The van der Waals surface area contributed by atoms with Crippen LogP contribution in [0, 0.1) is 0 Å². The first-order valence-corrected chi connectivity index (χ1v) is 6.41. The molecule has 0 fully saturated rings. The third-order valence-corrected chi connectivity index (χ3v) is 2.51. The predicted octanol–water partition coefficient (Wildman–Crippen LogP) is 1.93. The first-order chi connectivity index (χ1) is 9.15. The molecule has 0 amide bonds. The van der Waals surface area contributed by atoms with E-state index < -0.39 is 0 Å². The molecule has 0 radical (unpaired) electrons. The highest BCUT2D eigenvalue weighted by molar-refractivity contribution is 7.80. The second kappa shape index (κ2) is 8.31. The van der Waals surface area contributed by atoms with E-state index in [4.69, 9.17) is 21.7 Å². The Labute approximate surface area is 118 Å². The monoisotopic (exact) mass is 282 g/mol. The number of ether oxygens (including phenoxy) is 2. The van der Waals surface area contributed by atoms with Gasteiger partial charge in [0, 0.05) is 12.2 Å². The Morgan fingerprint density at radius 1 is 1.32 bits per heavy atom. The summed E-state index contributed by atoms with van der Waals surface area (Å²) >= 11 is 5.11. The molecule has 6 heteroatoms. The van der Waals surface area contributed by atoms with Crippen molar-refractivity contribution in [2.45, 2.75) is 13.3 Å². The van der Waals surface area contributed by atoms with Crippen molar-refractivity contribution in [1.29, 1.82) is 0 Å². The highest BCUT2D eigenvalue weighted by Crippen LogP contribution is 2.14. The molecule has 1 rings (SSSR count). The Kier molecular flexibility index (Phi) is 6.67. The van der Waals surface area contributed by atoms with Crippen molar-refractivity contribution in [1.82, 2.24) is 5.32 Å². The van der Waals surface area contributed by atoms with Gasteiger partial charge in [0.1, 0.15) is 5.75 Å². The lowest BCUT2D eigenvalue weighted by atomic mass is 10.3. The SMILES string of the molecule is CCOC(=O)CCNC(=S)Nc1ccc(OC)cc1. The predicted molar refractivity (Wildman–Crippen MR) is 78.5 cm³/mol. The average Bonchev–Trinajstić information content (AvgIpc) is 2.40. The van der Waals surface area contributed by atoms with Gasteiger partial charge in [-0.05, 0) is 43.4 Å². The molecule has 1 aromatic rings. The molecular weight excluding hydrogens is 264 g/mol. The summed E-state index contributed by atoms with van der Waals surface area (Å²) in [5, 5.41) is 6.42. The molecule has 5 nitrogen and oxygen atoms in total. The van der Waals surface area contributed by atoms with Crippen molar-refractivity contribution in [3.05, 3.63) is 24.3 Å². The average molecular weight is 282 g/mol. The van der Waals surface area contributed by atoms with Gasteiger partial charge in [0.15, 0.2) is 5.11 Å². The zero-order valence-corrected chi connectivity index (χ0v) is 11.9. The van der Waals surface area contributed by atoms with Crippen LogP contribution in [-0.2, 0) is 9.53 Å². The highest BCUT2D eigenvalue weighted by atomic mass is 32.1. The molecule has 0 heterocycles. The van der Waals surface area contributed by atoms with E-state index in [1.165, 1.54) is 0 Å². The minimum atomic E-state index is -0.234. The number of hydrogen-bond acceptors (Lipinski definition) is 4. The van der Waals surface area contributed by atoms with Gasteiger partial charge in [-0.3, -0.25) is 4.79 Å². The molecule has 0 aliphatic heterocycles. The van der Waals surface area contributed by atoms with Gasteiger partial charge in [0.05, 0.1) is 20.1 Å². The van der Waals surface area contributed by atoms with Crippen LogP contribution < -0.4 is 15.4 Å². The maximum atomic E-state index is 11.1. The molecule has 0 atom stereocenters. The van der Waals surface area contributed by atoms with Gasteiger partial charge >= 0.3 is 5.97 Å². The molecular formula is C13H18N2O3S. The number of rotatable bonds is 6. The van der Waals surface area contributed by atoms with Crippen molar-refractivity contribution in [3.8, 4) is 5.75 Å². The van der Waals surface area contributed by atoms with E-state index >= 15 is 0 Å². The normalized spacial score (nSPS) is 9.58. The summed E-state index contributed by atoms with van der Waals surface area (Å²) in [6.45, 7) is 2.62. The molecule has 0 aromatic heterocycles. The summed E-state index contributed by atoms with van der Waals surface area (Å²) in [5.41, 5.74) is 0.856. The van der Waals surface area contributed by atoms with Crippen LogP contribution in [0.2, 0.25) is 0 Å². The smallest absolute Gasteiger partial charge is 0.307 e. The summed E-state index contributed by atoms with van der Waals surface area (Å²) in [6, 6.07) is 7.39. The van der Waals surface area contributed by atoms with E-state index in [1.54, 1.807) is 14.0 Å². The summed E-state index contributed by atoms with van der Waals surface area (Å²) in [5.74, 6) is 0.550. The van der Waals surface area contributed by atoms with Gasteiger partial charge in [-0.2, -0.15) is 0 Å². The van der Waals surface area contributed by atoms with Crippen molar-refractivity contribution >= 4 is 29.0 Å². The van der Waals surface area contributed by atoms with E-state index in [9.17, 15) is 4.79 Å². The molecule has 0 saturated heterocycles. The van der Waals surface area contributed by atoms with Crippen LogP contribution in [0.3, 0.4) is 0 Å². The number of thiocarbonyl (C=S) groups is 1. The molecule has 0 saturated carbocycles. The Morgan fingerprint density at radius 2 is 2.00 bits per heavy atom. The number of carbonyl (C=O) groups excluding carboxylic acids is 1. The Morgan fingerprint density at radius 3 is 2.58 bits per heavy atom.